The summed E-state index contributed by atoms with van der Waals surface area (Å²) in [5.74, 6) is -0.489. The van der Waals surface area contributed by atoms with Crippen molar-refractivity contribution in [2.45, 2.75) is 0 Å². The second-order valence-electron chi connectivity index (χ2n) is 3.76. The van der Waals surface area contributed by atoms with Crippen molar-refractivity contribution in [3.63, 3.8) is 0 Å². The highest BCUT2D eigenvalue weighted by molar-refractivity contribution is 5.81. The molecule has 0 unspecified atom stereocenters. The molecule has 5 heteroatoms. The molecule has 0 saturated heterocycles. The first-order valence-electron chi connectivity index (χ1n) is 5.25. The Kier molecular flexibility index (Phi) is 2.21. The number of aromatic amines is 1. The summed E-state index contributed by atoms with van der Waals surface area (Å²) in [6, 6.07) is 9.14. The Hall–Kier alpha value is -2.87. The molecule has 1 N–H and O–H groups in total. The van der Waals surface area contributed by atoms with Gasteiger partial charge in [-0.15, -0.1) is 0 Å². The fourth-order valence-electron chi connectivity index (χ4n) is 1.85. The molecule has 3 aromatic rings. The molecule has 0 amide bonds. The largest absolute Gasteiger partial charge is 0.417 e. The van der Waals surface area contributed by atoms with Crippen LogP contribution >= 0.6 is 0 Å². The number of nitriles is 1. The molecule has 0 radical (unpaired) electrons. The summed E-state index contributed by atoms with van der Waals surface area (Å²) in [7, 11) is 0. The topological polar surface area (TPSA) is 82.7 Å². The quantitative estimate of drug-likeness (QED) is 0.702. The van der Waals surface area contributed by atoms with E-state index >= 15 is 0 Å². The average molecular weight is 237 g/mol. The van der Waals surface area contributed by atoms with E-state index < -0.39 is 5.76 Å². The average Bonchev–Trinajstić information content (AvgIpc) is 2.77. The van der Waals surface area contributed by atoms with Gasteiger partial charge in [-0.1, -0.05) is 6.07 Å². The van der Waals surface area contributed by atoms with Crippen LogP contribution in [0.15, 0.2) is 45.9 Å². The lowest BCUT2D eigenvalue weighted by Gasteiger charge is -2.02. The van der Waals surface area contributed by atoms with E-state index in [4.69, 9.17) is 9.68 Å². The molecule has 1 aromatic carbocycles. The summed E-state index contributed by atoms with van der Waals surface area (Å²) in [6.45, 7) is 0. The molecular weight excluding hydrogens is 230 g/mol. The number of H-pyrrole nitrogens is 1. The van der Waals surface area contributed by atoms with Gasteiger partial charge in [0.15, 0.2) is 5.58 Å². The summed E-state index contributed by atoms with van der Waals surface area (Å²) < 4.78 is 4.99. The van der Waals surface area contributed by atoms with Crippen molar-refractivity contribution >= 4 is 11.1 Å². The molecule has 0 spiro atoms. The molecule has 2 aromatic heterocycles. The second kappa shape index (κ2) is 3.86. The maximum absolute atomic E-state index is 11.1. The summed E-state index contributed by atoms with van der Waals surface area (Å²) in [4.78, 5) is 17.5. The van der Waals surface area contributed by atoms with E-state index in [9.17, 15) is 4.79 Å². The van der Waals surface area contributed by atoms with Crippen LogP contribution in [0.25, 0.3) is 22.2 Å². The van der Waals surface area contributed by atoms with E-state index in [1.54, 1.807) is 24.4 Å². The Morgan fingerprint density at radius 1 is 1.33 bits per heavy atom. The van der Waals surface area contributed by atoms with Crippen LogP contribution in [0.4, 0.5) is 0 Å². The molecule has 18 heavy (non-hydrogen) atoms. The first-order chi connectivity index (χ1) is 8.78. The van der Waals surface area contributed by atoms with Crippen molar-refractivity contribution in [3.05, 3.63) is 52.8 Å². The molecule has 0 fully saturated rings. The van der Waals surface area contributed by atoms with E-state index in [0.29, 0.717) is 16.7 Å². The van der Waals surface area contributed by atoms with Gasteiger partial charge in [-0.3, -0.25) is 9.97 Å². The Balaban J connectivity index is 2.25. The van der Waals surface area contributed by atoms with E-state index in [1.807, 2.05) is 6.07 Å². The number of nitrogens with one attached hydrogen (secondary N) is 1. The first kappa shape index (κ1) is 10.3. The summed E-state index contributed by atoms with van der Waals surface area (Å²) in [5, 5.41) is 9.03. The number of pyridine rings is 1. The Labute approximate surface area is 101 Å². The van der Waals surface area contributed by atoms with Crippen LogP contribution in [0.5, 0.6) is 0 Å². The lowest BCUT2D eigenvalue weighted by Crippen LogP contribution is -1.92. The predicted molar refractivity (Wildman–Crippen MR) is 64.8 cm³/mol. The molecule has 2 heterocycles. The standard InChI is InChI=1S/C13H7N3O2/c14-6-9-7-15-4-3-10(9)8-1-2-11-12(5-8)18-13(17)16-11/h1-5,7H,(H,16,17). The van der Waals surface area contributed by atoms with Crippen molar-refractivity contribution in [1.29, 1.82) is 5.26 Å². The molecule has 0 aliphatic heterocycles. The van der Waals surface area contributed by atoms with Crippen LogP contribution < -0.4 is 5.76 Å². The van der Waals surface area contributed by atoms with Crippen molar-refractivity contribution in [1.82, 2.24) is 9.97 Å². The highest BCUT2D eigenvalue weighted by Crippen LogP contribution is 2.25. The molecule has 86 valence electrons. The molecular formula is C13H7N3O2. The number of rotatable bonds is 1. The van der Waals surface area contributed by atoms with Gasteiger partial charge < -0.3 is 4.42 Å². The van der Waals surface area contributed by atoms with Gasteiger partial charge in [-0.2, -0.15) is 5.26 Å². The number of nitrogens with zero attached hydrogens (tertiary/aromatic N) is 2. The number of fused-ring (bicyclic) bond motifs is 1. The first-order valence-corrected chi connectivity index (χ1v) is 5.25. The van der Waals surface area contributed by atoms with Gasteiger partial charge in [0.2, 0.25) is 0 Å². The third-order valence-electron chi connectivity index (χ3n) is 2.67. The summed E-state index contributed by atoms with van der Waals surface area (Å²) in [5.41, 5.74) is 3.16. The Bertz CT molecular complexity index is 824. The van der Waals surface area contributed by atoms with Gasteiger partial charge in [0.05, 0.1) is 11.1 Å². The molecule has 0 aliphatic carbocycles. The third kappa shape index (κ3) is 1.57. The summed E-state index contributed by atoms with van der Waals surface area (Å²) >= 11 is 0. The van der Waals surface area contributed by atoms with E-state index in [2.05, 4.69) is 16.0 Å². The van der Waals surface area contributed by atoms with Gasteiger partial charge in [0.1, 0.15) is 6.07 Å². The Morgan fingerprint density at radius 3 is 3.06 bits per heavy atom. The van der Waals surface area contributed by atoms with Gasteiger partial charge in [0, 0.05) is 18.0 Å². The number of oxazole rings is 1. The highest BCUT2D eigenvalue weighted by Gasteiger charge is 2.07. The van der Waals surface area contributed by atoms with E-state index in [-0.39, 0.29) is 0 Å². The molecule has 3 rings (SSSR count). The normalized spacial score (nSPS) is 10.4. The van der Waals surface area contributed by atoms with Crippen LogP contribution in [0.3, 0.4) is 0 Å². The fraction of sp³-hybridized carbons (Fsp3) is 0. The maximum atomic E-state index is 11.1. The maximum Gasteiger partial charge on any atom is 0.417 e. The van der Waals surface area contributed by atoms with Crippen molar-refractivity contribution < 1.29 is 4.42 Å². The summed E-state index contributed by atoms with van der Waals surface area (Å²) in [6.07, 6.45) is 3.13. The zero-order valence-corrected chi connectivity index (χ0v) is 9.18. The van der Waals surface area contributed by atoms with E-state index in [0.717, 1.165) is 11.1 Å². The van der Waals surface area contributed by atoms with Crippen LogP contribution in [0, 0.1) is 11.3 Å². The van der Waals surface area contributed by atoms with Crippen LogP contribution in [0.1, 0.15) is 5.56 Å². The lowest BCUT2D eigenvalue weighted by molar-refractivity contribution is 0.555. The zero-order chi connectivity index (χ0) is 12.5. The predicted octanol–water partition coefficient (Wildman–Crippen LogP) is 2.05. The molecule has 0 bridgehead atoms. The van der Waals surface area contributed by atoms with E-state index in [1.165, 1.54) is 6.20 Å². The van der Waals surface area contributed by atoms with Crippen molar-refractivity contribution in [2.75, 3.05) is 0 Å². The minimum atomic E-state index is -0.489. The smallest absolute Gasteiger partial charge is 0.408 e. The lowest BCUT2D eigenvalue weighted by atomic mass is 10.0. The highest BCUT2D eigenvalue weighted by atomic mass is 16.4. The minimum absolute atomic E-state index is 0.471. The number of aromatic nitrogens is 2. The third-order valence-corrected chi connectivity index (χ3v) is 2.67. The molecule has 0 saturated carbocycles. The van der Waals surface area contributed by atoms with Crippen molar-refractivity contribution in [3.8, 4) is 17.2 Å². The zero-order valence-electron chi connectivity index (χ0n) is 9.18. The number of hydrogen-bond donors (Lipinski definition) is 1. The number of benzene rings is 1. The van der Waals surface area contributed by atoms with Crippen LogP contribution in [-0.2, 0) is 0 Å². The van der Waals surface area contributed by atoms with Crippen LogP contribution in [0.2, 0.25) is 0 Å². The van der Waals surface area contributed by atoms with Gasteiger partial charge in [-0.05, 0) is 23.8 Å². The molecule has 0 atom stereocenters. The fourth-order valence-corrected chi connectivity index (χ4v) is 1.85. The van der Waals surface area contributed by atoms with Crippen molar-refractivity contribution in [2.24, 2.45) is 0 Å². The molecule has 5 nitrogen and oxygen atoms in total. The SMILES string of the molecule is N#Cc1cnccc1-c1ccc2[nH]c(=O)oc2c1. The second-order valence-corrected chi connectivity index (χ2v) is 3.76. The Morgan fingerprint density at radius 2 is 2.22 bits per heavy atom. The number of hydrogen-bond acceptors (Lipinski definition) is 4. The van der Waals surface area contributed by atoms with Crippen LogP contribution in [-0.4, -0.2) is 9.97 Å². The minimum Gasteiger partial charge on any atom is -0.408 e. The van der Waals surface area contributed by atoms with Gasteiger partial charge in [0.25, 0.3) is 0 Å². The molecule has 0 aliphatic rings. The van der Waals surface area contributed by atoms with Gasteiger partial charge in [-0.25, -0.2) is 4.79 Å². The van der Waals surface area contributed by atoms with Gasteiger partial charge >= 0.3 is 5.76 Å². The monoisotopic (exact) mass is 237 g/mol.